The Balaban J connectivity index is 2.14. The van der Waals surface area contributed by atoms with Gasteiger partial charge in [-0.25, -0.2) is 0 Å². The lowest BCUT2D eigenvalue weighted by molar-refractivity contribution is 0.332. The number of rotatable bonds is 6. The molecular weight excluding hydrogens is 264 g/mol. The van der Waals surface area contributed by atoms with Gasteiger partial charge in [0.15, 0.2) is 0 Å². The van der Waals surface area contributed by atoms with Crippen LogP contribution in [0.1, 0.15) is 37.3 Å². The lowest BCUT2D eigenvalue weighted by Crippen LogP contribution is -2.19. The molecule has 0 fully saturated rings. The van der Waals surface area contributed by atoms with Crippen molar-refractivity contribution in [3.8, 4) is 11.5 Å². The van der Waals surface area contributed by atoms with Crippen LogP contribution in [0.3, 0.4) is 0 Å². The average Bonchev–Trinajstić information content (AvgIpc) is 2.85. The zero-order chi connectivity index (χ0) is 15.4. The van der Waals surface area contributed by atoms with E-state index >= 15 is 0 Å². The van der Waals surface area contributed by atoms with Gasteiger partial charge >= 0.3 is 0 Å². The first-order valence-electron chi connectivity index (χ1n) is 7.45. The summed E-state index contributed by atoms with van der Waals surface area (Å²) in [5.74, 6) is 2.19. The van der Waals surface area contributed by atoms with Crippen molar-refractivity contribution >= 4 is 0 Å². The summed E-state index contributed by atoms with van der Waals surface area (Å²) in [6.07, 6.45) is 3.61. The molecule has 0 aromatic carbocycles. The molecule has 0 radical (unpaired) electrons. The number of nitrogens with zero attached hydrogens (tertiary/aromatic N) is 3. The molecule has 1 unspecified atom stereocenters. The first-order valence-corrected chi connectivity index (χ1v) is 7.45. The third-order valence-electron chi connectivity index (χ3n) is 3.50. The molecule has 5 nitrogen and oxygen atoms in total. The fourth-order valence-electron chi connectivity index (χ4n) is 2.56. The van der Waals surface area contributed by atoms with E-state index in [4.69, 9.17) is 10.3 Å². The first kappa shape index (κ1) is 15.6. The molecule has 0 saturated heterocycles. The topological polar surface area (TPSA) is 77.8 Å². The third kappa shape index (κ3) is 4.11. The van der Waals surface area contributed by atoms with Gasteiger partial charge in [-0.2, -0.15) is 4.98 Å². The van der Waals surface area contributed by atoms with Crippen LogP contribution in [0, 0.1) is 25.7 Å². The molecule has 2 rings (SSSR count). The minimum Gasteiger partial charge on any atom is -0.339 e. The van der Waals surface area contributed by atoms with Crippen molar-refractivity contribution in [3.63, 3.8) is 0 Å². The first-order chi connectivity index (χ1) is 9.99. The van der Waals surface area contributed by atoms with Crippen LogP contribution in [0.2, 0.25) is 0 Å². The van der Waals surface area contributed by atoms with Crippen molar-refractivity contribution in [1.82, 2.24) is 15.1 Å². The van der Waals surface area contributed by atoms with Gasteiger partial charge in [0.2, 0.25) is 11.7 Å². The lowest BCUT2D eigenvalue weighted by Gasteiger charge is -2.14. The van der Waals surface area contributed by atoms with Crippen molar-refractivity contribution in [2.24, 2.45) is 17.6 Å². The van der Waals surface area contributed by atoms with Gasteiger partial charge in [0, 0.05) is 12.6 Å². The van der Waals surface area contributed by atoms with E-state index in [0.717, 1.165) is 29.7 Å². The van der Waals surface area contributed by atoms with Gasteiger partial charge in [-0.15, -0.1) is 0 Å². The van der Waals surface area contributed by atoms with Gasteiger partial charge in [-0.3, -0.25) is 4.98 Å². The summed E-state index contributed by atoms with van der Waals surface area (Å²) in [5.41, 5.74) is 8.79. The molecule has 2 aromatic rings. The van der Waals surface area contributed by atoms with Gasteiger partial charge in [0.05, 0.1) is 0 Å². The van der Waals surface area contributed by atoms with Crippen LogP contribution >= 0.6 is 0 Å². The number of nitrogens with two attached hydrogens (primary N) is 1. The van der Waals surface area contributed by atoms with Crippen molar-refractivity contribution in [1.29, 1.82) is 0 Å². The molecule has 2 aromatic heterocycles. The highest BCUT2D eigenvalue weighted by molar-refractivity contribution is 5.53. The Morgan fingerprint density at radius 3 is 2.67 bits per heavy atom. The predicted octanol–water partition coefficient (Wildman–Crippen LogP) is 2.91. The summed E-state index contributed by atoms with van der Waals surface area (Å²) in [6, 6.07) is 2.07. The van der Waals surface area contributed by atoms with E-state index < -0.39 is 0 Å². The van der Waals surface area contributed by atoms with E-state index in [1.165, 1.54) is 0 Å². The van der Waals surface area contributed by atoms with Crippen molar-refractivity contribution in [2.45, 2.75) is 40.5 Å². The molecule has 0 aliphatic rings. The van der Waals surface area contributed by atoms with E-state index in [1.54, 1.807) is 0 Å². The summed E-state index contributed by atoms with van der Waals surface area (Å²) in [6.45, 7) is 9.05. The van der Waals surface area contributed by atoms with E-state index in [2.05, 4.69) is 35.0 Å². The zero-order valence-electron chi connectivity index (χ0n) is 13.3. The second-order valence-corrected chi connectivity index (χ2v) is 6.13. The predicted molar refractivity (Wildman–Crippen MR) is 82.7 cm³/mol. The van der Waals surface area contributed by atoms with E-state index in [1.807, 2.05) is 20.0 Å². The van der Waals surface area contributed by atoms with Gasteiger partial charge < -0.3 is 10.3 Å². The Morgan fingerprint density at radius 2 is 2.05 bits per heavy atom. The van der Waals surface area contributed by atoms with Crippen LogP contribution in [-0.2, 0) is 6.42 Å². The smallest absolute Gasteiger partial charge is 0.227 e. The molecular formula is C16H24N4O. The molecule has 0 amide bonds. The number of aryl methyl sites for hydroxylation is 2. The Morgan fingerprint density at radius 1 is 1.29 bits per heavy atom. The second-order valence-electron chi connectivity index (χ2n) is 6.13. The molecule has 21 heavy (non-hydrogen) atoms. The fraction of sp³-hybridized carbons (Fsp3) is 0.562. The van der Waals surface area contributed by atoms with Gasteiger partial charge in [0.1, 0.15) is 5.69 Å². The Hall–Kier alpha value is -1.75. The average molecular weight is 288 g/mol. The van der Waals surface area contributed by atoms with Crippen LogP contribution in [0.25, 0.3) is 11.5 Å². The van der Waals surface area contributed by atoms with Crippen LogP contribution in [-0.4, -0.2) is 21.7 Å². The molecule has 0 spiro atoms. The minimum absolute atomic E-state index is 0.380. The molecule has 0 aliphatic carbocycles. The molecule has 0 aliphatic heterocycles. The summed E-state index contributed by atoms with van der Waals surface area (Å²) in [7, 11) is 0. The van der Waals surface area contributed by atoms with Crippen molar-refractivity contribution in [2.75, 3.05) is 6.54 Å². The maximum absolute atomic E-state index is 5.83. The summed E-state index contributed by atoms with van der Waals surface area (Å²) >= 11 is 0. The molecule has 114 valence electrons. The highest BCUT2D eigenvalue weighted by atomic mass is 16.5. The molecule has 2 N–H and O–H groups in total. The summed E-state index contributed by atoms with van der Waals surface area (Å²) < 4.78 is 5.36. The Labute approximate surface area is 126 Å². The van der Waals surface area contributed by atoms with E-state index in [9.17, 15) is 0 Å². The monoisotopic (exact) mass is 288 g/mol. The molecule has 2 heterocycles. The third-order valence-corrected chi connectivity index (χ3v) is 3.50. The zero-order valence-corrected chi connectivity index (χ0v) is 13.3. The second kappa shape index (κ2) is 6.80. The van der Waals surface area contributed by atoms with Crippen LogP contribution in [0.5, 0.6) is 0 Å². The molecule has 5 heteroatoms. The number of hydrogen-bond acceptors (Lipinski definition) is 5. The maximum Gasteiger partial charge on any atom is 0.227 e. The Kier molecular flexibility index (Phi) is 5.07. The number of hydrogen-bond donors (Lipinski definition) is 1. The Bertz CT molecular complexity index is 592. The molecule has 0 bridgehead atoms. The number of pyridine rings is 1. The van der Waals surface area contributed by atoms with Crippen LogP contribution < -0.4 is 5.73 Å². The van der Waals surface area contributed by atoms with Gasteiger partial charge in [-0.05, 0) is 49.8 Å². The van der Waals surface area contributed by atoms with Gasteiger partial charge in [0.25, 0.3) is 0 Å². The van der Waals surface area contributed by atoms with E-state index in [-0.39, 0.29) is 0 Å². The van der Waals surface area contributed by atoms with Crippen LogP contribution in [0.15, 0.2) is 16.8 Å². The number of aromatic nitrogens is 3. The summed E-state index contributed by atoms with van der Waals surface area (Å²) in [4.78, 5) is 8.87. The highest BCUT2D eigenvalue weighted by Gasteiger charge is 2.17. The normalized spacial score (nSPS) is 12.9. The van der Waals surface area contributed by atoms with E-state index in [0.29, 0.717) is 30.1 Å². The standard InChI is InChI=1S/C16H24N4O/c1-10(2)5-13(8-17)7-14-19-16(20-21-14)15-12(4)6-11(3)9-18-15/h6,9-10,13H,5,7-8,17H2,1-4H3. The maximum atomic E-state index is 5.83. The minimum atomic E-state index is 0.380. The fourth-order valence-corrected chi connectivity index (χ4v) is 2.56. The molecule has 1 atom stereocenters. The largest absolute Gasteiger partial charge is 0.339 e. The van der Waals surface area contributed by atoms with Crippen molar-refractivity contribution in [3.05, 3.63) is 29.3 Å². The van der Waals surface area contributed by atoms with Gasteiger partial charge in [-0.1, -0.05) is 25.1 Å². The summed E-state index contributed by atoms with van der Waals surface area (Å²) in [5, 5.41) is 4.05. The lowest BCUT2D eigenvalue weighted by atomic mass is 9.94. The highest BCUT2D eigenvalue weighted by Crippen LogP contribution is 2.21. The van der Waals surface area contributed by atoms with Crippen molar-refractivity contribution < 1.29 is 4.52 Å². The molecule has 0 saturated carbocycles. The quantitative estimate of drug-likeness (QED) is 0.884. The SMILES string of the molecule is Cc1cnc(-c2noc(CC(CN)CC(C)C)n2)c(C)c1. The van der Waals surface area contributed by atoms with Crippen LogP contribution in [0.4, 0.5) is 0 Å².